The van der Waals surface area contributed by atoms with Crippen molar-refractivity contribution in [1.82, 2.24) is 9.97 Å². The van der Waals surface area contributed by atoms with Crippen LogP contribution < -0.4 is 5.32 Å². The van der Waals surface area contributed by atoms with Gasteiger partial charge in [-0.3, -0.25) is 0 Å². The Labute approximate surface area is 99.4 Å². The van der Waals surface area contributed by atoms with Gasteiger partial charge < -0.3 is 5.32 Å². The first-order chi connectivity index (χ1) is 7.58. The lowest BCUT2D eigenvalue weighted by molar-refractivity contribution is 0.433. The Bertz CT molecular complexity index is 385. The Hall–Kier alpha value is -0.900. The summed E-state index contributed by atoms with van der Waals surface area (Å²) in [6.07, 6.45) is 3.31. The fourth-order valence-electron chi connectivity index (χ4n) is 2.19. The highest BCUT2D eigenvalue weighted by molar-refractivity contribution is 6.28. The molecule has 1 aromatic heterocycles. The number of hydrogen-bond donors (Lipinski definition) is 1. The minimum absolute atomic E-state index is 0.0719. The maximum Gasteiger partial charge on any atom is 0.224 e. The van der Waals surface area contributed by atoms with Gasteiger partial charge in [-0.05, 0) is 36.3 Å². The fraction of sp³-hybridized carbons (Fsp3) is 0.636. The van der Waals surface area contributed by atoms with Crippen molar-refractivity contribution in [2.75, 3.05) is 5.32 Å². The van der Waals surface area contributed by atoms with Crippen LogP contribution in [0.4, 0.5) is 10.2 Å². The Morgan fingerprint density at radius 1 is 1.44 bits per heavy atom. The van der Waals surface area contributed by atoms with Crippen molar-refractivity contribution in [3.63, 3.8) is 0 Å². The Morgan fingerprint density at radius 3 is 2.81 bits per heavy atom. The van der Waals surface area contributed by atoms with Crippen molar-refractivity contribution in [2.24, 2.45) is 11.8 Å². The van der Waals surface area contributed by atoms with Crippen LogP contribution in [0.2, 0.25) is 5.28 Å². The molecule has 5 heteroatoms. The minimum atomic E-state index is -0.448. The van der Waals surface area contributed by atoms with Crippen molar-refractivity contribution in [3.8, 4) is 0 Å². The molecule has 1 aliphatic carbocycles. The summed E-state index contributed by atoms with van der Waals surface area (Å²) in [5.74, 6) is 0.952. The quantitative estimate of drug-likeness (QED) is 0.811. The minimum Gasteiger partial charge on any atom is -0.364 e. The SMILES string of the molecule is CC1CCC(Nc2nc(Cl)ncc2F)C1C. The molecule has 0 aromatic carbocycles. The molecule has 1 aromatic rings. The molecule has 1 fully saturated rings. The monoisotopic (exact) mass is 243 g/mol. The standard InChI is InChI=1S/C11H15ClFN3/c1-6-3-4-9(7(6)2)15-10-8(13)5-14-11(12)16-10/h5-7,9H,3-4H2,1-2H3,(H,14,15,16). The summed E-state index contributed by atoms with van der Waals surface area (Å²) in [6.45, 7) is 4.39. The zero-order chi connectivity index (χ0) is 11.7. The van der Waals surface area contributed by atoms with Crippen LogP contribution in [-0.4, -0.2) is 16.0 Å². The van der Waals surface area contributed by atoms with Gasteiger partial charge in [0.25, 0.3) is 0 Å². The van der Waals surface area contributed by atoms with Crippen LogP contribution in [0.3, 0.4) is 0 Å². The topological polar surface area (TPSA) is 37.8 Å². The average molecular weight is 244 g/mol. The normalized spacial score (nSPS) is 29.4. The van der Waals surface area contributed by atoms with Gasteiger partial charge in [0.05, 0.1) is 6.20 Å². The summed E-state index contributed by atoms with van der Waals surface area (Å²) >= 11 is 5.64. The summed E-state index contributed by atoms with van der Waals surface area (Å²) < 4.78 is 13.4. The maximum absolute atomic E-state index is 13.4. The van der Waals surface area contributed by atoms with E-state index in [4.69, 9.17) is 11.6 Å². The second-order valence-corrected chi connectivity index (χ2v) is 4.84. The number of rotatable bonds is 2. The van der Waals surface area contributed by atoms with Gasteiger partial charge in [-0.25, -0.2) is 9.37 Å². The van der Waals surface area contributed by atoms with Gasteiger partial charge in [0.15, 0.2) is 11.6 Å². The van der Waals surface area contributed by atoms with Crippen molar-refractivity contribution < 1.29 is 4.39 Å². The fourth-order valence-corrected chi connectivity index (χ4v) is 2.32. The molecule has 3 atom stereocenters. The summed E-state index contributed by atoms with van der Waals surface area (Å²) in [4.78, 5) is 7.45. The number of aromatic nitrogens is 2. The van der Waals surface area contributed by atoms with Gasteiger partial charge in [-0.15, -0.1) is 0 Å². The summed E-state index contributed by atoms with van der Waals surface area (Å²) in [5.41, 5.74) is 0. The molecule has 88 valence electrons. The zero-order valence-electron chi connectivity index (χ0n) is 9.37. The Morgan fingerprint density at radius 2 is 2.19 bits per heavy atom. The largest absolute Gasteiger partial charge is 0.364 e. The van der Waals surface area contributed by atoms with Gasteiger partial charge in [0.1, 0.15) is 0 Å². The highest BCUT2D eigenvalue weighted by Crippen LogP contribution is 2.33. The second kappa shape index (κ2) is 4.53. The molecule has 16 heavy (non-hydrogen) atoms. The molecule has 2 rings (SSSR count). The smallest absolute Gasteiger partial charge is 0.224 e. The van der Waals surface area contributed by atoms with Crippen molar-refractivity contribution >= 4 is 17.4 Å². The van der Waals surface area contributed by atoms with E-state index in [0.717, 1.165) is 12.6 Å². The van der Waals surface area contributed by atoms with Gasteiger partial charge in [-0.1, -0.05) is 13.8 Å². The Balaban J connectivity index is 2.12. The third kappa shape index (κ3) is 2.26. The first-order valence-electron chi connectivity index (χ1n) is 5.52. The van der Waals surface area contributed by atoms with Gasteiger partial charge >= 0.3 is 0 Å². The lowest BCUT2D eigenvalue weighted by Crippen LogP contribution is -2.25. The van der Waals surface area contributed by atoms with Crippen LogP contribution in [-0.2, 0) is 0 Å². The van der Waals surface area contributed by atoms with E-state index in [0.29, 0.717) is 11.8 Å². The molecule has 1 aliphatic rings. The molecule has 0 radical (unpaired) electrons. The lowest BCUT2D eigenvalue weighted by Gasteiger charge is -2.20. The second-order valence-electron chi connectivity index (χ2n) is 4.50. The number of halogens is 2. The summed E-state index contributed by atoms with van der Waals surface area (Å²) in [7, 11) is 0. The molecule has 3 nitrogen and oxygen atoms in total. The van der Waals surface area contributed by atoms with Gasteiger partial charge in [0.2, 0.25) is 5.28 Å². The molecular formula is C11H15ClFN3. The number of anilines is 1. The van der Waals surface area contributed by atoms with Gasteiger partial charge in [0, 0.05) is 6.04 Å². The van der Waals surface area contributed by atoms with E-state index in [2.05, 4.69) is 29.1 Å². The molecule has 0 spiro atoms. The third-order valence-corrected chi connectivity index (χ3v) is 3.68. The van der Waals surface area contributed by atoms with Crippen LogP contribution in [0.25, 0.3) is 0 Å². The number of nitrogens with zero attached hydrogens (tertiary/aromatic N) is 2. The number of hydrogen-bond acceptors (Lipinski definition) is 3. The molecule has 1 N–H and O–H groups in total. The first-order valence-corrected chi connectivity index (χ1v) is 5.90. The summed E-state index contributed by atoms with van der Waals surface area (Å²) in [6, 6.07) is 0.274. The van der Waals surface area contributed by atoms with E-state index >= 15 is 0 Å². The van der Waals surface area contributed by atoms with E-state index in [9.17, 15) is 4.39 Å². The molecular weight excluding hydrogens is 229 g/mol. The molecule has 0 saturated heterocycles. The molecule has 0 bridgehead atoms. The van der Waals surface area contributed by atoms with Crippen LogP contribution >= 0.6 is 11.6 Å². The Kier molecular flexibility index (Phi) is 3.28. The van der Waals surface area contributed by atoms with Crippen LogP contribution in [0.1, 0.15) is 26.7 Å². The van der Waals surface area contributed by atoms with E-state index < -0.39 is 5.82 Å². The molecule has 3 unspecified atom stereocenters. The van der Waals surface area contributed by atoms with E-state index in [1.807, 2.05) is 0 Å². The molecule has 0 aliphatic heterocycles. The highest BCUT2D eigenvalue weighted by atomic mass is 35.5. The van der Waals surface area contributed by atoms with Crippen molar-refractivity contribution in [2.45, 2.75) is 32.7 Å². The van der Waals surface area contributed by atoms with Crippen LogP contribution in [0.15, 0.2) is 6.20 Å². The molecule has 1 heterocycles. The molecule has 1 saturated carbocycles. The van der Waals surface area contributed by atoms with E-state index in [1.165, 1.54) is 6.42 Å². The van der Waals surface area contributed by atoms with Crippen molar-refractivity contribution in [3.05, 3.63) is 17.3 Å². The predicted molar refractivity (Wildman–Crippen MR) is 62.0 cm³/mol. The third-order valence-electron chi connectivity index (χ3n) is 3.50. The van der Waals surface area contributed by atoms with Crippen LogP contribution in [0, 0.1) is 17.7 Å². The maximum atomic E-state index is 13.4. The highest BCUT2D eigenvalue weighted by Gasteiger charge is 2.30. The first kappa shape index (κ1) is 11.6. The van der Waals surface area contributed by atoms with Gasteiger partial charge in [-0.2, -0.15) is 4.98 Å². The van der Waals surface area contributed by atoms with E-state index in [1.54, 1.807) is 0 Å². The van der Waals surface area contributed by atoms with Crippen LogP contribution in [0.5, 0.6) is 0 Å². The zero-order valence-corrected chi connectivity index (χ0v) is 10.1. The average Bonchev–Trinajstić information content (AvgIpc) is 2.55. The molecule has 0 amide bonds. The number of nitrogens with one attached hydrogen (secondary N) is 1. The lowest BCUT2D eigenvalue weighted by atomic mass is 9.98. The predicted octanol–water partition coefficient (Wildman–Crippen LogP) is 3.12. The summed E-state index contributed by atoms with van der Waals surface area (Å²) in [5, 5.41) is 3.19. The van der Waals surface area contributed by atoms with Crippen molar-refractivity contribution in [1.29, 1.82) is 0 Å². The van der Waals surface area contributed by atoms with E-state index in [-0.39, 0.29) is 17.1 Å².